The molecule has 0 aliphatic heterocycles. The number of pyridine rings is 2. The number of hydrogen-bond acceptors (Lipinski definition) is 8. The third kappa shape index (κ3) is 5.52. The van der Waals surface area contributed by atoms with E-state index in [2.05, 4.69) is 24.7 Å². The molecule has 0 saturated carbocycles. The number of nitrogens with zero attached hydrogens (tertiary/aromatic N) is 2. The van der Waals surface area contributed by atoms with Crippen LogP contribution in [0.1, 0.15) is 20.7 Å². The Balaban J connectivity index is 0.000000292. The van der Waals surface area contributed by atoms with Crippen LogP contribution < -0.4 is 39.0 Å². The number of carbonyl (C=O) groups is 2. The van der Waals surface area contributed by atoms with E-state index in [0.29, 0.717) is 16.9 Å². The van der Waals surface area contributed by atoms with Crippen molar-refractivity contribution >= 4 is 34.0 Å². The number of methoxy groups -OCH3 is 3. The van der Waals surface area contributed by atoms with Crippen molar-refractivity contribution in [3.05, 3.63) is 47.8 Å². The van der Waals surface area contributed by atoms with Crippen molar-refractivity contribution in [3.63, 3.8) is 0 Å². The fraction of sp³-hybridized carbons (Fsp3) is 0.158. The van der Waals surface area contributed by atoms with Crippen LogP contribution in [0.15, 0.2) is 36.7 Å². The van der Waals surface area contributed by atoms with Crippen molar-refractivity contribution in [2.24, 2.45) is 0 Å². The number of aromatic nitrogens is 4. The van der Waals surface area contributed by atoms with E-state index in [-0.39, 0.29) is 52.4 Å². The molecule has 0 bridgehead atoms. The van der Waals surface area contributed by atoms with E-state index >= 15 is 0 Å². The minimum absolute atomic E-state index is 0. The monoisotopic (exact) mass is 438 g/mol. The summed E-state index contributed by atoms with van der Waals surface area (Å²) in [5.74, 6) is -1.12. The number of carboxylic acid groups (broad SMARTS) is 1. The van der Waals surface area contributed by atoms with Gasteiger partial charge >= 0.3 is 41.5 Å². The van der Waals surface area contributed by atoms with Crippen molar-refractivity contribution in [3.8, 4) is 11.8 Å². The maximum absolute atomic E-state index is 11.4. The number of ether oxygens (including phenoxy) is 3. The van der Waals surface area contributed by atoms with Gasteiger partial charge in [0.2, 0.25) is 11.8 Å². The molecule has 0 atom stereocenters. The molecule has 4 N–H and O–H groups in total. The molecule has 11 nitrogen and oxygen atoms in total. The van der Waals surface area contributed by atoms with Crippen LogP contribution in [0.5, 0.6) is 11.8 Å². The Labute approximate surface area is 198 Å². The molecular weight excluding hydrogens is 419 g/mol. The molecule has 158 valence electrons. The molecule has 12 heteroatoms. The number of H-pyrrole nitrogens is 2. The molecule has 0 fully saturated rings. The number of esters is 1. The second-order valence-corrected chi connectivity index (χ2v) is 5.72. The summed E-state index contributed by atoms with van der Waals surface area (Å²) in [6, 6.07) is 6.80. The van der Waals surface area contributed by atoms with Gasteiger partial charge < -0.3 is 34.8 Å². The third-order valence-electron chi connectivity index (χ3n) is 4.02. The number of aromatic amines is 2. The normalized spacial score (nSPS) is 9.65. The second-order valence-electron chi connectivity index (χ2n) is 5.72. The molecule has 0 saturated heterocycles. The Morgan fingerprint density at radius 2 is 1.32 bits per heavy atom. The first kappa shape index (κ1) is 25.9. The number of nitrogens with one attached hydrogen (secondary N) is 2. The van der Waals surface area contributed by atoms with Crippen LogP contribution in [0.25, 0.3) is 22.1 Å². The number of aromatic carboxylic acids is 1. The minimum Gasteiger partial charge on any atom is -0.870 e. The molecule has 31 heavy (non-hydrogen) atoms. The molecule has 0 unspecified atom stereocenters. The van der Waals surface area contributed by atoms with Crippen LogP contribution in [-0.2, 0) is 4.74 Å². The van der Waals surface area contributed by atoms with Crippen molar-refractivity contribution in [1.82, 2.24) is 19.9 Å². The first-order chi connectivity index (χ1) is 14.0. The molecule has 0 spiro atoms. The van der Waals surface area contributed by atoms with Gasteiger partial charge in [0.15, 0.2) is 0 Å². The van der Waals surface area contributed by atoms with Gasteiger partial charge in [0, 0.05) is 23.2 Å². The van der Waals surface area contributed by atoms with Crippen molar-refractivity contribution < 1.29 is 63.9 Å². The average Bonchev–Trinajstić information content (AvgIpc) is 3.39. The van der Waals surface area contributed by atoms with Gasteiger partial charge in [-0.3, -0.25) is 0 Å². The standard InChI is InChI=1S/C10H10N2O3.C9H8N2O3.Na.H2O/c1-14-9-7(10(13)15-2)5-6-3-4-11-8(6)12-9;1-14-8-6(9(12)13)4-5-2-3-10-7(5)11-8;;/h3-5H,1-2H3,(H,11,12);2-4H,1H3,(H,10,11)(H,12,13);;1H2/q;;+1;/p-1. The van der Waals surface area contributed by atoms with Gasteiger partial charge in [-0.15, -0.1) is 0 Å². The zero-order valence-electron chi connectivity index (χ0n) is 17.3. The zero-order chi connectivity index (χ0) is 21.0. The Hall–Kier alpha value is -3.12. The van der Waals surface area contributed by atoms with E-state index in [4.69, 9.17) is 14.6 Å². The number of carboxylic acids is 1. The molecule has 4 aromatic heterocycles. The predicted molar refractivity (Wildman–Crippen MR) is 106 cm³/mol. The van der Waals surface area contributed by atoms with E-state index < -0.39 is 11.9 Å². The van der Waals surface area contributed by atoms with Gasteiger partial charge in [-0.25, -0.2) is 9.59 Å². The number of carbonyl (C=O) groups excluding carboxylic acids is 1. The maximum atomic E-state index is 11.4. The largest absolute Gasteiger partial charge is 1.00 e. The summed E-state index contributed by atoms with van der Waals surface area (Å²) in [7, 11) is 4.18. The number of rotatable bonds is 4. The summed E-state index contributed by atoms with van der Waals surface area (Å²) in [4.78, 5) is 36.2. The van der Waals surface area contributed by atoms with E-state index in [9.17, 15) is 9.59 Å². The molecule has 0 aromatic carbocycles. The number of fused-ring (bicyclic) bond motifs is 2. The molecular formula is C19H19N4NaO7. The zero-order valence-corrected chi connectivity index (χ0v) is 19.3. The summed E-state index contributed by atoms with van der Waals surface area (Å²) in [5, 5.41) is 10.5. The molecule has 0 aliphatic carbocycles. The van der Waals surface area contributed by atoms with Crippen molar-refractivity contribution in [2.45, 2.75) is 0 Å². The quantitative estimate of drug-likeness (QED) is 0.280. The fourth-order valence-corrected chi connectivity index (χ4v) is 2.65. The van der Waals surface area contributed by atoms with Crippen LogP contribution in [0.3, 0.4) is 0 Å². The fourth-order valence-electron chi connectivity index (χ4n) is 2.65. The van der Waals surface area contributed by atoms with Gasteiger partial charge in [-0.1, -0.05) is 0 Å². The maximum Gasteiger partial charge on any atom is 1.00 e. The number of hydrogen-bond donors (Lipinski definition) is 3. The summed E-state index contributed by atoms with van der Waals surface area (Å²) in [5.41, 5.74) is 1.69. The topological polar surface area (TPSA) is 169 Å². The SMILES string of the molecule is COC(=O)c1cc2cc[nH]c2nc1OC.COc1nc2[nH]ccc2cc1C(=O)O.[Na+].[OH-]. The van der Waals surface area contributed by atoms with Gasteiger partial charge in [-0.05, 0) is 24.3 Å². The van der Waals surface area contributed by atoms with Gasteiger partial charge in [-0.2, -0.15) is 9.97 Å². The molecule has 0 amide bonds. The Bertz CT molecular complexity index is 1190. The smallest absolute Gasteiger partial charge is 0.870 e. The first-order valence-corrected chi connectivity index (χ1v) is 8.34. The van der Waals surface area contributed by atoms with Crippen molar-refractivity contribution in [2.75, 3.05) is 21.3 Å². The van der Waals surface area contributed by atoms with E-state index in [1.165, 1.54) is 27.4 Å². The molecule has 4 rings (SSSR count). The van der Waals surface area contributed by atoms with Crippen LogP contribution >= 0.6 is 0 Å². The van der Waals surface area contributed by atoms with Gasteiger partial charge in [0.05, 0.1) is 21.3 Å². The molecule has 4 heterocycles. The van der Waals surface area contributed by atoms with Gasteiger partial charge in [0.1, 0.15) is 22.4 Å². The minimum atomic E-state index is -1.04. The van der Waals surface area contributed by atoms with Crippen LogP contribution in [0.2, 0.25) is 0 Å². The van der Waals surface area contributed by atoms with Gasteiger partial charge in [0.25, 0.3) is 0 Å². The predicted octanol–water partition coefficient (Wildman–Crippen LogP) is -0.545. The Morgan fingerprint density at radius 1 is 0.871 bits per heavy atom. The van der Waals surface area contributed by atoms with E-state index in [1.807, 2.05) is 6.07 Å². The van der Waals surface area contributed by atoms with E-state index in [1.54, 1.807) is 24.5 Å². The van der Waals surface area contributed by atoms with Crippen LogP contribution in [-0.4, -0.2) is 63.8 Å². The average molecular weight is 438 g/mol. The summed E-state index contributed by atoms with van der Waals surface area (Å²) in [6.45, 7) is 0. The first-order valence-electron chi connectivity index (χ1n) is 8.34. The Kier molecular flexibility index (Phi) is 9.46. The third-order valence-corrected chi connectivity index (χ3v) is 4.02. The van der Waals surface area contributed by atoms with Crippen LogP contribution in [0, 0.1) is 0 Å². The van der Waals surface area contributed by atoms with Crippen molar-refractivity contribution in [1.29, 1.82) is 0 Å². The summed E-state index contributed by atoms with van der Waals surface area (Å²) in [6.07, 6.45) is 3.45. The Morgan fingerprint density at radius 3 is 1.74 bits per heavy atom. The molecule has 0 aliphatic rings. The summed E-state index contributed by atoms with van der Waals surface area (Å²) >= 11 is 0. The molecule has 4 aromatic rings. The summed E-state index contributed by atoms with van der Waals surface area (Å²) < 4.78 is 14.5. The molecule has 0 radical (unpaired) electrons. The van der Waals surface area contributed by atoms with E-state index in [0.717, 1.165) is 10.8 Å². The second kappa shape index (κ2) is 11.3. The van der Waals surface area contributed by atoms with Crippen LogP contribution in [0.4, 0.5) is 0 Å².